The molecule has 8 heteroatoms. The van der Waals surface area contributed by atoms with Crippen molar-refractivity contribution in [3.63, 3.8) is 0 Å². The van der Waals surface area contributed by atoms with E-state index in [1.807, 2.05) is 18.2 Å². The van der Waals surface area contributed by atoms with Gasteiger partial charge < -0.3 is 0 Å². The zero-order valence-electron chi connectivity index (χ0n) is 14.2. The Labute approximate surface area is 158 Å². The molecule has 0 amide bonds. The number of nitro benzene ring substituents is 1. The zero-order valence-corrected chi connectivity index (χ0v) is 16.8. The summed E-state index contributed by atoms with van der Waals surface area (Å²) in [5.41, 5.74) is 0.691. The van der Waals surface area contributed by atoms with Crippen molar-refractivity contribution in [3.8, 4) is 0 Å². The van der Waals surface area contributed by atoms with Gasteiger partial charge in [-0.05, 0) is 0 Å². The molecule has 0 aromatic heterocycles. The van der Waals surface area contributed by atoms with Crippen LogP contribution in [-0.4, -0.2) is 32.6 Å². The number of rotatable bonds is 6. The van der Waals surface area contributed by atoms with Gasteiger partial charge in [0.1, 0.15) is 0 Å². The maximum atomic E-state index is 12.8. The van der Waals surface area contributed by atoms with Crippen LogP contribution >= 0.6 is 7.60 Å². The number of nitrogens with zero attached hydrogens (tertiary/aromatic N) is 1. The second-order valence-corrected chi connectivity index (χ2v) is 10.1. The van der Waals surface area contributed by atoms with Crippen LogP contribution in [0, 0.1) is 10.1 Å². The van der Waals surface area contributed by atoms with Crippen LogP contribution in [0.5, 0.6) is 0 Å². The van der Waals surface area contributed by atoms with Crippen molar-refractivity contribution in [1.82, 2.24) is 0 Å². The van der Waals surface area contributed by atoms with Crippen molar-refractivity contribution in [1.29, 1.82) is 0 Å². The molecule has 0 saturated carbocycles. The average Bonchev–Trinajstić information content (AvgIpc) is 2.64. The Morgan fingerprint density at radius 3 is 2.50 bits per heavy atom. The van der Waals surface area contributed by atoms with Crippen molar-refractivity contribution in [2.45, 2.75) is 13.3 Å². The summed E-state index contributed by atoms with van der Waals surface area (Å²) in [5, 5.41) is 10.9. The number of allylic oxidation sites excluding steroid dienone is 1. The molecule has 3 rings (SSSR count). The van der Waals surface area contributed by atoms with Crippen LogP contribution < -0.4 is 4.46 Å². The number of hydrogen-bond donors (Lipinski definition) is 0. The van der Waals surface area contributed by atoms with Gasteiger partial charge in [-0.1, -0.05) is 0 Å². The van der Waals surface area contributed by atoms with Gasteiger partial charge in [0.25, 0.3) is 0 Å². The summed E-state index contributed by atoms with van der Waals surface area (Å²) >= 11 is 0.00975. The molecule has 0 radical (unpaired) electrons. The second-order valence-electron chi connectivity index (χ2n) is 5.56. The SMILES string of the molecule is CCOP1(=O)CCC([Se]c2ccccc2)=C(c2ccc([N+](=O)[O-])cc2)O1. The van der Waals surface area contributed by atoms with Crippen LogP contribution in [0.3, 0.4) is 0 Å². The molecule has 0 saturated heterocycles. The first-order valence-electron chi connectivity index (χ1n) is 8.15. The van der Waals surface area contributed by atoms with Crippen molar-refractivity contribution < 1.29 is 18.5 Å². The molecule has 6 nitrogen and oxygen atoms in total. The molecule has 1 aliphatic heterocycles. The number of nitro groups is 1. The van der Waals surface area contributed by atoms with E-state index in [9.17, 15) is 14.7 Å². The summed E-state index contributed by atoms with van der Waals surface area (Å²) in [5.74, 6) is 0.534. The molecule has 26 heavy (non-hydrogen) atoms. The quantitative estimate of drug-likeness (QED) is 0.296. The van der Waals surface area contributed by atoms with Crippen molar-refractivity contribution in [2.24, 2.45) is 0 Å². The molecule has 0 spiro atoms. The average molecular weight is 438 g/mol. The fourth-order valence-electron chi connectivity index (χ4n) is 2.55. The van der Waals surface area contributed by atoms with Gasteiger partial charge in [-0.25, -0.2) is 0 Å². The molecular formula is C18H18NO5PSe. The first-order valence-corrected chi connectivity index (χ1v) is 11.6. The van der Waals surface area contributed by atoms with E-state index in [4.69, 9.17) is 9.05 Å². The second kappa shape index (κ2) is 8.19. The Balaban J connectivity index is 1.98. The van der Waals surface area contributed by atoms with Gasteiger partial charge >= 0.3 is 158 Å². The minimum atomic E-state index is -3.19. The Bertz CT molecular complexity index is 867. The monoisotopic (exact) mass is 439 g/mol. The summed E-state index contributed by atoms with van der Waals surface area (Å²) in [7, 11) is -3.19. The van der Waals surface area contributed by atoms with Crippen LogP contribution in [-0.2, 0) is 13.6 Å². The third kappa shape index (κ3) is 4.43. The van der Waals surface area contributed by atoms with E-state index in [0.717, 1.165) is 4.47 Å². The molecule has 136 valence electrons. The van der Waals surface area contributed by atoms with E-state index in [-0.39, 0.29) is 20.6 Å². The molecule has 2 aromatic rings. The predicted octanol–water partition coefficient (Wildman–Crippen LogP) is 3.94. The van der Waals surface area contributed by atoms with Gasteiger partial charge in [0.15, 0.2) is 0 Å². The summed E-state index contributed by atoms with van der Waals surface area (Å²) in [6.07, 6.45) is 0.972. The van der Waals surface area contributed by atoms with Crippen LogP contribution in [0.25, 0.3) is 5.76 Å². The Hall–Kier alpha value is -1.91. The van der Waals surface area contributed by atoms with E-state index in [1.165, 1.54) is 16.6 Å². The molecular weight excluding hydrogens is 420 g/mol. The molecule has 0 fully saturated rings. The van der Waals surface area contributed by atoms with Crippen LogP contribution in [0.2, 0.25) is 0 Å². The first-order chi connectivity index (χ1) is 12.5. The molecule has 0 N–H and O–H groups in total. The van der Waals surface area contributed by atoms with Crippen molar-refractivity contribution >= 4 is 38.5 Å². The van der Waals surface area contributed by atoms with Crippen LogP contribution in [0.1, 0.15) is 18.9 Å². The Morgan fingerprint density at radius 1 is 1.19 bits per heavy atom. The summed E-state index contributed by atoms with van der Waals surface area (Å²) < 4.78 is 26.3. The van der Waals surface area contributed by atoms with Crippen LogP contribution in [0.15, 0.2) is 59.1 Å². The molecule has 1 aliphatic rings. The van der Waals surface area contributed by atoms with Crippen LogP contribution in [0.4, 0.5) is 5.69 Å². The number of benzene rings is 2. The maximum absolute atomic E-state index is 12.8. The number of hydrogen-bond acceptors (Lipinski definition) is 5. The first kappa shape index (κ1) is 18.9. The van der Waals surface area contributed by atoms with Gasteiger partial charge in [-0.15, -0.1) is 0 Å². The molecule has 0 aliphatic carbocycles. The van der Waals surface area contributed by atoms with Crippen molar-refractivity contribution in [3.05, 3.63) is 74.7 Å². The summed E-state index contributed by atoms with van der Waals surface area (Å²) in [6, 6.07) is 16.2. The summed E-state index contributed by atoms with van der Waals surface area (Å²) in [6.45, 7) is 2.09. The predicted molar refractivity (Wildman–Crippen MR) is 102 cm³/mol. The van der Waals surface area contributed by atoms with Gasteiger partial charge in [-0.3, -0.25) is 0 Å². The topological polar surface area (TPSA) is 78.7 Å². The molecule has 1 unspecified atom stereocenters. The Morgan fingerprint density at radius 2 is 1.88 bits per heavy atom. The number of non-ortho nitro benzene ring substituents is 1. The zero-order chi connectivity index (χ0) is 18.6. The van der Waals surface area contributed by atoms with Gasteiger partial charge in [0, 0.05) is 0 Å². The fourth-order valence-corrected chi connectivity index (χ4v) is 6.86. The van der Waals surface area contributed by atoms with Crippen molar-refractivity contribution in [2.75, 3.05) is 12.8 Å². The molecule has 0 bridgehead atoms. The van der Waals surface area contributed by atoms with E-state index in [2.05, 4.69) is 12.1 Å². The Kier molecular flexibility index (Phi) is 5.94. The minimum absolute atomic E-state index is 0.00766. The molecule has 1 atom stereocenters. The molecule has 2 aromatic carbocycles. The summed E-state index contributed by atoms with van der Waals surface area (Å²) in [4.78, 5) is 10.4. The van der Waals surface area contributed by atoms with E-state index in [1.54, 1.807) is 19.1 Å². The van der Waals surface area contributed by atoms with Gasteiger partial charge in [0.2, 0.25) is 0 Å². The standard InChI is InChI=1S/C18H18NO5PSe/c1-2-23-25(22)13-12-17(26-16-6-4-3-5-7-16)18(24-25)14-8-10-15(11-9-14)19(20)21/h3-11H,2,12-13H2,1H3. The van der Waals surface area contributed by atoms with Gasteiger partial charge in [-0.2, -0.15) is 0 Å². The third-order valence-electron chi connectivity index (χ3n) is 3.75. The molecule has 1 heterocycles. The van der Waals surface area contributed by atoms with Gasteiger partial charge in [0.05, 0.1) is 0 Å². The van der Waals surface area contributed by atoms with E-state index >= 15 is 0 Å². The van der Waals surface area contributed by atoms with E-state index in [0.29, 0.717) is 30.5 Å². The van der Waals surface area contributed by atoms with E-state index < -0.39 is 12.5 Å². The third-order valence-corrected chi connectivity index (χ3v) is 8.03. The normalized spacial score (nSPS) is 19.9. The fraction of sp³-hybridized carbons (Fsp3) is 0.222.